The Hall–Kier alpha value is -1.31. The number of esters is 1. The Bertz CT molecular complexity index is 484. The molecule has 0 aromatic heterocycles. The monoisotopic (exact) mass is 419 g/mol. The van der Waals surface area contributed by atoms with E-state index in [4.69, 9.17) is 4.74 Å². The van der Waals surface area contributed by atoms with Crippen LogP contribution in [-0.2, 0) is 9.53 Å². The lowest BCUT2D eigenvalue weighted by Gasteiger charge is -2.21. The van der Waals surface area contributed by atoms with Gasteiger partial charge in [-0.3, -0.25) is 9.79 Å². The van der Waals surface area contributed by atoms with Crippen molar-refractivity contribution in [3.8, 4) is 0 Å². The minimum Gasteiger partial charge on any atom is -0.459 e. The SMILES string of the molecule is CN=C(NCC(=O)OC(C)(C)C)NC(C)c1ccccc1.I. The maximum absolute atomic E-state index is 11.7. The second-order valence-electron chi connectivity index (χ2n) is 5.79. The van der Waals surface area contributed by atoms with Crippen LogP contribution in [0.25, 0.3) is 0 Å². The molecule has 1 unspecified atom stereocenters. The molecule has 0 radical (unpaired) electrons. The second kappa shape index (κ2) is 9.66. The Labute approximate surface area is 149 Å². The van der Waals surface area contributed by atoms with Crippen LogP contribution in [-0.4, -0.2) is 31.1 Å². The van der Waals surface area contributed by atoms with Crippen LogP contribution in [0, 0.1) is 0 Å². The Balaban J connectivity index is 0.00000441. The van der Waals surface area contributed by atoms with Crippen LogP contribution in [0.2, 0.25) is 0 Å². The lowest BCUT2D eigenvalue weighted by atomic mass is 10.1. The van der Waals surface area contributed by atoms with E-state index in [1.54, 1.807) is 7.05 Å². The number of nitrogens with one attached hydrogen (secondary N) is 2. The number of carbonyl (C=O) groups is 1. The van der Waals surface area contributed by atoms with E-state index in [0.29, 0.717) is 5.96 Å². The van der Waals surface area contributed by atoms with Crippen LogP contribution in [0.5, 0.6) is 0 Å². The summed E-state index contributed by atoms with van der Waals surface area (Å²) in [5.74, 6) is 0.259. The number of aliphatic imine (C=N–C) groups is 1. The highest BCUT2D eigenvalue weighted by Gasteiger charge is 2.16. The standard InChI is InChI=1S/C16H25N3O2.HI/c1-12(13-9-7-6-8-10-13)19-15(17-5)18-11-14(20)21-16(2,3)4;/h6-10,12H,11H2,1-5H3,(H2,17,18,19);1H. The molecule has 0 saturated carbocycles. The van der Waals surface area contributed by atoms with Gasteiger partial charge in [0.25, 0.3) is 0 Å². The zero-order valence-electron chi connectivity index (χ0n) is 13.8. The molecule has 0 aliphatic rings. The first kappa shape index (κ1) is 20.7. The molecular formula is C16H26IN3O2. The number of ether oxygens (including phenoxy) is 1. The molecule has 0 saturated heterocycles. The van der Waals surface area contributed by atoms with Crippen LogP contribution in [0.3, 0.4) is 0 Å². The summed E-state index contributed by atoms with van der Waals surface area (Å²) in [6.45, 7) is 7.65. The van der Waals surface area contributed by atoms with E-state index in [0.717, 1.165) is 5.56 Å². The summed E-state index contributed by atoms with van der Waals surface area (Å²) in [4.78, 5) is 15.8. The highest BCUT2D eigenvalue weighted by Crippen LogP contribution is 2.10. The molecule has 0 aliphatic carbocycles. The van der Waals surface area contributed by atoms with E-state index in [9.17, 15) is 4.79 Å². The van der Waals surface area contributed by atoms with Gasteiger partial charge in [-0.15, -0.1) is 24.0 Å². The van der Waals surface area contributed by atoms with E-state index >= 15 is 0 Å². The number of carbonyl (C=O) groups excluding carboxylic acids is 1. The number of rotatable bonds is 4. The molecule has 1 aromatic carbocycles. The number of benzene rings is 1. The van der Waals surface area contributed by atoms with Crippen molar-refractivity contribution >= 4 is 35.9 Å². The molecule has 0 spiro atoms. The van der Waals surface area contributed by atoms with Crippen LogP contribution in [0.4, 0.5) is 0 Å². The highest BCUT2D eigenvalue weighted by atomic mass is 127. The summed E-state index contributed by atoms with van der Waals surface area (Å²) in [5, 5.41) is 6.19. The van der Waals surface area contributed by atoms with Crippen molar-refractivity contribution < 1.29 is 9.53 Å². The summed E-state index contributed by atoms with van der Waals surface area (Å²) < 4.78 is 5.24. The van der Waals surface area contributed by atoms with Gasteiger partial charge in [0.1, 0.15) is 12.1 Å². The lowest BCUT2D eigenvalue weighted by Crippen LogP contribution is -2.42. The van der Waals surface area contributed by atoms with E-state index in [-0.39, 0.29) is 42.5 Å². The fourth-order valence-corrected chi connectivity index (χ4v) is 1.76. The maximum Gasteiger partial charge on any atom is 0.325 e. The van der Waals surface area contributed by atoms with E-state index in [1.165, 1.54) is 0 Å². The largest absolute Gasteiger partial charge is 0.459 e. The molecule has 1 rings (SSSR count). The van der Waals surface area contributed by atoms with Crippen molar-refractivity contribution in [2.45, 2.75) is 39.3 Å². The Morgan fingerprint density at radius 3 is 2.36 bits per heavy atom. The van der Waals surface area contributed by atoms with Crippen molar-refractivity contribution in [2.75, 3.05) is 13.6 Å². The fourth-order valence-electron chi connectivity index (χ4n) is 1.76. The zero-order chi connectivity index (χ0) is 15.9. The quantitative estimate of drug-likeness (QED) is 0.341. The minimum atomic E-state index is -0.479. The van der Waals surface area contributed by atoms with Gasteiger partial charge >= 0.3 is 5.97 Å². The third kappa shape index (κ3) is 8.21. The van der Waals surface area contributed by atoms with Crippen molar-refractivity contribution in [1.29, 1.82) is 0 Å². The van der Waals surface area contributed by atoms with Gasteiger partial charge in [0.2, 0.25) is 0 Å². The van der Waals surface area contributed by atoms with Gasteiger partial charge in [-0.1, -0.05) is 30.3 Å². The molecule has 1 aromatic rings. The first-order valence-electron chi connectivity index (χ1n) is 7.06. The molecular weight excluding hydrogens is 393 g/mol. The molecule has 1 atom stereocenters. The van der Waals surface area contributed by atoms with Gasteiger partial charge in [0, 0.05) is 7.05 Å². The molecule has 6 heteroatoms. The predicted octanol–water partition coefficient (Wildman–Crippen LogP) is 2.87. The molecule has 124 valence electrons. The van der Waals surface area contributed by atoms with Crippen molar-refractivity contribution in [3.05, 3.63) is 35.9 Å². The average Bonchev–Trinajstić information content (AvgIpc) is 2.42. The Morgan fingerprint density at radius 1 is 1.27 bits per heavy atom. The van der Waals surface area contributed by atoms with Crippen LogP contribution in [0.15, 0.2) is 35.3 Å². The van der Waals surface area contributed by atoms with E-state index in [2.05, 4.69) is 15.6 Å². The van der Waals surface area contributed by atoms with Gasteiger partial charge in [0.15, 0.2) is 5.96 Å². The summed E-state index contributed by atoms with van der Waals surface area (Å²) >= 11 is 0. The number of nitrogens with zero attached hydrogens (tertiary/aromatic N) is 1. The Kier molecular flexibility index (Phi) is 9.08. The number of halogens is 1. The summed E-state index contributed by atoms with van der Waals surface area (Å²) in [7, 11) is 1.67. The first-order chi connectivity index (χ1) is 9.81. The van der Waals surface area contributed by atoms with Gasteiger partial charge in [0.05, 0.1) is 6.04 Å². The minimum absolute atomic E-state index is 0. The molecule has 2 N–H and O–H groups in total. The van der Waals surface area contributed by atoms with Crippen molar-refractivity contribution in [1.82, 2.24) is 10.6 Å². The smallest absolute Gasteiger partial charge is 0.325 e. The third-order valence-electron chi connectivity index (χ3n) is 2.70. The van der Waals surface area contributed by atoms with E-state index < -0.39 is 5.60 Å². The fraction of sp³-hybridized carbons (Fsp3) is 0.500. The third-order valence-corrected chi connectivity index (χ3v) is 2.70. The van der Waals surface area contributed by atoms with Crippen molar-refractivity contribution in [3.63, 3.8) is 0 Å². The normalized spacial score (nSPS) is 12.9. The molecule has 0 heterocycles. The lowest BCUT2D eigenvalue weighted by molar-refractivity contribution is -0.153. The van der Waals surface area contributed by atoms with Gasteiger partial charge < -0.3 is 15.4 Å². The van der Waals surface area contributed by atoms with Crippen LogP contribution < -0.4 is 10.6 Å². The first-order valence-corrected chi connectivity index (χ1v) is 7.06. The van der Waals surface area contributed by atoms with Gasteiger partial charge in [-0.2, -0.15) is 0 Å². The molecule has 0 aliphatic heterocycles. The molecule has 22 heavy (non-hydrogen) atoms. The van der Waals surface area contributed by atoms with Crippen LogP contribution in [0.1, 0.15) is 39.3 Å². The summed E-state index contributed by atoms with van der Waals surface area (Å²) in [6.07, 6.45) is 0. The van der Waals surface area contributed by atoms with Crippen LogP contribution >= 0.6 is 24.0 Å². The second-order valence-corrected chi connectivity index (χ2v) is 5.79. The average molecular weight is 419 g/mol. The topological polar surface area (TPSA) is 62.7 Å². The molecule has 5 nitrogen and oxygen atoms in total. The summed E-state index contributed by atoms with van der Waals surface area (Å²) in [6, 6.07) is 10.1. The maximum atomic E-state index is 11.7. The van der Waals surface area contributed by atoms with E-state index in [1.807, 2.05) is 58.0 Å². The summed E-state index contributed by atoms with van der Waals surface area (Å²) in [5.41, 5.74) is 0.672. The number of hydrogen-bond acceptors (Lipinski definition) is 3. The molecule has 0 bridgehead atoms. The Morgan fingerprint density at radius 2 is 1.86 bits per heavy atom. The number of guanidine groups is 1. The predicted molar refractivity (Wildman–Crippen MR) is 101 cm³/mol. The number of hydrogen-bond donors (Lipinski definition) is 2. The van der Waals surface area contributed by atoms with Crippen molar-refractivity contribution in [2.24, 2.45) is 4.99 Å². The van der Waals surface area contributed by atoms with Gasteiger partial charge in [-0.25, -0.2) is 0 Å². The van der Waals surface area contributed by atoms with Gasteiger partial charge in [-0.05, 0) is 33.3 Å². The molecule has 0 fully saturated rings. The highest BCUT2D eigenvalue weighted by molar-refractivity contribution is 14.0. The molecule has 0 amide bonds. The zero-order valence-corrected chi connectivity index (χ0v) is 16.2.